The molecule has 1 heterocycles. The number of carbonyl (C=O) groups is 2. The van der Waals surface area contributed by atoms with Crippen molar-refractivity contribution in [3.05, 3.63) is 29.8 Å². The van der Waals surface area contributed by atoms with Gasteiger partial charge < -0.3 is 21.7 Å². The van der Waals surface area contributed by atoms with Crippen LogP contribution in [0.25, 0.3) is 0 Å². The summed E-state index contributed by atoms with van der Waals surface area (Å²) in [7, 11) is 0. The van der Waals surface area contributed by atoms with Crippen molar-refractivity contribution in [3.8, 4) is 0 Å². The second-order valence-corrected chi connectivity index (χ2v) is 5.18. The number of urea groups is 1. The lowest BCUT2D eigenvalue weighted by atomic mass is 10.1. The van der Waals surface area contributed by atoms with Crippen LogP contribution in [-0.2, 0) is 4.79 Å². The SMILES string of the molecule is CC(N)c1cccc(NC(=O)N2CCC(C(N)=O)C2)c1. The van der Waals surface area contributed by atoms with Crippen LogP contribution in [0, 0.1) is 5.92 Å². The van der Waals surface area contributed by atoms with Crippen molar-refractivity contribution in [1.29, 1.82) is 0 Å². The summed E-state index contributed by atoms with van der Waals surface area (Å²) < 4.78 is 0. The second-order valence-electron chi connectivity index (χ2n) is 5.18. The molecule has 0 aliphatic carbocycles. The Morgan fingerprint density at radius 3 is 2.80 bits per heavy atom. The number of rotatable bonds is 3. The number of nitrogens with two attached hydrogens (primary N) is 2. The Kier molecular flexibility index (Phi) is 4.24. The minimum Gasteiger partial charge on any atom is -0.369 e. The number of likely N-dealkylation sites (tertiary alicyclic amines) is 1. The highest BCUT2D eigenvalue weighted by Gasteiger charge is 2.29. The standard InChI is InChI=1S/C14H20N4O2/c1-9(15)10-3-2-4-12(7-10)17-14(20)18-6-5-11(8-18)13(16)19/h2-4,7,9,11H,5-6,8,15H2,1H3,(H2,16,19)(H,17,20). The van der Waals surface area contributed by atoms with Gasteiger partial charge in [-0.3, -0.25) is 4.79 Å². The third-order valence-corrected chi connectivity index (χ3v) is 3.54. The minimum absolute atomic E-state index is 0.0853. The van der Waals surface area contributed by atoms with Crippen LogP contribution < -0.4 is 16.8 Å². The quantitative estimate of drug-likeness (QED) is 0.768. The molecule has 20 heavy (non-hydrogen) atoms. The maximum atomic E-state index is 12.1. The first-order valence-electron chi connectivity index (χ1n) is 6.68. The average molecular weight is 276 g/mol. The molecule has 1 aliphatic heterocycles. The van der Waals surface area contributed by atoms with Crippen LogP contribution in [0.5, 0.6) is 0 Å². The molecule has 0 radical (unpaired) electrons. The zero-order valence-corrected chi connectivity index (χ0v) is 11.5. The Bertz CT molecular complexity index is 516. The highest BCUT2D eigenvalue weighted by atomic mass is 16.2. The van der Waals surface area contributed by atoms with E-state index < -0.39 is 0 Å². The Balaban J connectivity index is 1.98. The summed E-state index contributed by atoms with van der Waals surface area (Å²) in [6.07, 6.45) is 0.628. The summed E-state index contributed by atoms with van der Waals surface area (Å²) in [6, 6.07) is 7.13. The summed E-state index contributed by atoms with van der Waals surface area (Å²) in [5.74, 6) is -0.588. The van der Waals surface area contributed by atoms with Crippen LogP contribution >= 0.6 is 0 Å². The molecule has 0 spiro atoms. The smallest absolute Gasteiger partial charge is 0.321 e. The third kappa shape index (κ3) is 3.27. The van der Waals surface area contributed by atoms with E-state index in [1.54, 1.807) is 4.90 Å². The highest BCUT2D eigenvalue weighted by Crippen LogP contribution is 2.19. The van der Waals surface area contributed by atoms with E-state index in [1.807, 2.05) is 31.2 Å². The van der Waals surface area contributed by atoms with Crippen LogP contribution in [0.4, 0.5) is 10.5 Å². The molecular weight excluding hydrogens is 256 g/mol. The van der Waals surface area contributed by atoms with E-state index >= 15 is 0 Å². The fraction of sp³-hybridized carbons (Fsp3) is 0.429. The molecule has 6 nitrogen and oxygen atoms in total. The van der Waals surface area contributed by atoms with Crippen LogP contribution in [0.2, 0.25) is 0 Å². The van der Waals surface area contributed by atoms with E-state index in [0.717, 1.165) is 5.56 Å². The molecule has 6 heteroatoms. The van der Waals surface area contributed by atoms with Gasteiger partial charge in [-0.2, -0.15) is 0 Å². The number of nitrogens with one attached hydrogen (secondary N) is 1. The molecule has 1 aromatic carbocycles. The summed E-state index contributed by atoms with van der Waals surface area (Å²) in [5, 5.41) is 2.82. The lowest BCUT2D eigenvalue weighted by Crippen LogP contribution is -2.34. The normalized spacial score (nSPS) is 19.7. The summed E-state index contributed by atoms with van der Waals surface area (Å²) in [5.41, 5.74) is 12.7. The van der Waals surface area contributed by atoms with Gasteiger partial charge in [0, 0.05) is 24.8 Å². The maximum absolute atomic E-state index is 12.1. The van der Waals surface area contributed by atoms with Crippen molar-refractivity contribution < 1.29 is 9.59 Å². The van der Waals surface area contributed by atoms with Gasteiger partial charge >= 0.3 is 6.03 Å². The summed E-state index contributed by atoms with van der Waals surface area (Å²) in [6.45, 7) is 2.82. The van der Waals surface area contributed by atoms with Crippen molar-refractivity contribution in [1.82, 2.24) is 4.90 Å². The van der Waals surface area contributed by atoms with Crippen LogP contribution in [-0.4, -0.2) is 29.9 Å². The second kappa shape index (κ2) is 5.92. The highest BCUT2D eigenvalue weighted by molar-refractivity contribution is 5.90. The lowest BCUT2D eigenvalue weighted by molar-refractivity contribution is -0.121. The van der Waals surface area contributed by atoms with Gasteiger partial charge in [0.15, 0.2) is 0 Å². The van der Waals surface area contributed by atoms with Gasteiger partial charge in [0.1, 0.15) is 0 Å². The first-order valence-corrected chi connectivity index (χ1v) is 6.68. The molecule has 5 N–H and O–H groups in total. The molecule has 1 saturated heterocycles. The van der Waals surface area contributed by atoms with Crippen molar-refractivity contribution in [3.63, 3.8) is 0 Å². The van der Waals surface area contributed by atoms with Gasteiger partial charge in [0.05, 0.1) is 5.92 Å². The van der Waals surface area contributed by atoms with Gasteiger partial charge in [-0.15, -0.1) is 0 Å². The van der Waals surface area contributed by atoms with E-state index in [4.69, 9.17) is 11.5 Å². The van der Waals surface area contributed by atoms with E-state index in [1.165, 1.54) is 0 Å². The Hall–Kier alpha value is -2.08. The first-order chi connectivity index (χ1) is 9.47. The average Bonchev–Trinajstić information content (AvgIpc) is 2.88. The van der Waals surface area contributed by atoms with Crippen molar-refractivity contribution in [2.75, 3.05) is 18.4 Å². The number of nitrogens with zero attached hydrogens (tertiary/aromatic N) is 1. The van der Waals surface area contributed by atoms with Crippen LogP contribution in [0.15, 0.2) is 24.3 Å². The topological polar surface area (TPSA) is 101 Å². The lowest BCUT2D eigenvalue weighted by Gasteiger charge is -2.17. The van der Waals surface area contributed by atoms with Crippen LogP contribution in [0.3, 0.4) is 0 Å². The zero-order chi connectivity index (χ0) is 14.7. The monoisotopic (exact) mass is 276 g/mol. The molecule has 2 atom stereocenters. The number of carbonyl (C=O) groups excluding carboxylic acids is 2. The van der Waals surface area contributed by atoms with Gasteiger partial charge in [0.25, 0.3) is 0 Å². The predicted molar refractivity (Wildman–Crippen MR) is 76.9 cm³/mol. The van der Waals surface area contributed by atoms with Crippen molar-refractivity contribution in [2.24, 2.45) is 17.4 Å². The minimum atomic E-state index is -0.348. The van der Waals surface area contributed by atoms with E-state index in [9.17, 15) is 9.59 Å². The molecule has 2 rings (SSSR count). The molecule has 0 bridgehead atoms. The fourth-order valence-electron chi connectivity index (χ4n) is 2.28. The van der Waals surface area contributed by atoms with Crippen molar-refractivity contribution in [2.45, 2.75) is 19.4 Å². The predicted octanol–water partition coefficient (Wildman–Crippen LogP) is 1.05. The Morgan fingerprint density at radius 1 is 1.45 bits per heavy atom. The third-order valence-electron chi connectivity index (χ3n) is 3.54. The summed E-state index contributed by atoms with van der Waals surface area (Å²) in [4.78, 5) is 24.8. The number of benzene rings is 1. The molecular formula is C14H20N4O2. The van der Waals surface area contributed by atoms with Gasteiger partial charge in [-0.1, -0.05) is 12.1 Å². The Morgan fingerprint density at radius 2 is 2.20 bits per heavy atom. The Labute approximate surface area is 118 Å². The number of primary amides is 1. The van der Waals surface area contributed by atoms with Gasteiger partial charge in [0.2, 0.25) is 5.91 Å². The number of hydrogen-bond donors (Lipinski definition) is 3. The summed E-state index contributed by atoms with van der Waals surface area (Å²) >= 11 is 0. The maximum Gasteiger partial charge on any atom is 0.321 e. The van der Waals surface area contributed by atoms with E-state index in [0.29, 0.717) is 25.2 Å². The molecule has 108 valence electrons. The fourth-order valence-corrected chi connectivity index (χ4v) is 2.28. The molecule has 1 fully saturated rings. The van der Waals surface area contributed by atoms with E-state index in [-0.39, 0.29) is 23.9 Å². The number of anilines is 1. The molecule has 0 saturated carbocycles. The molecule has 0 aromatic heterocycles. The number of amides is 3. The molecule has 1 aromatic rings. The molecule has 2 unspecified atom stereocenters. The van der Waals surface area contributed by atoms with Gasteiger partial charge in [-0.05, 0) is 31.0 Å². The molecule has 3 amide bonds. The van der Waals surface area contributed by atoms with Gasteiger partial charge in [-0.25, -0.2) is 4.79 Å². The molecule has 1 aliphatic rings. The number of hydrogen-bond acceptors (Lipinski definition) is 3. The van der Waals surface area contributed by atoms with Crippen LogP contribution in [0.1, 0.15) is 24.9 Å². The van der Waals surface area contributed by atoms with E-state index in [2.05, 4.69) is 5.32 Å². The van der Waals surface area contributed by atoms with Crippen molar-refractivity contribution >= 4 is 17.6 Å². The largest absolute Gasteiger partial charge is 0.369 e. The zero-order valence-electron chi connectivity index (χ0n) is 11.5. The first kappa shape index (κ1) is 14.3.